The molecule has 3 fully saturated rings. The number of furan rings is 1. The van der Waals surface area contributed by atoms with E-state index in [-0.39, 0.29) is 42.1 Å². The van der Waals surface area contributed by atoms with Crippen molar-refractivity contribution in [2.24, 2.45) is 16.7 Å². The second-order valence-corrected chi connectivity index (χ2v) is 23.4. The summed E-state index contributed by atoms with van der Waals surface area (Å²) >= 11 is 0. The fraction of sp³-hybridized carbons (Fsp3) is 0.520. The van der Waals surface area contributed by atoms with Crippen molar-refractivity contribution in [3.63, 3.8) is 0 Å². The molecule has 0 radical (unpaired) electrons. The average molecular weight is 929 g/mol. The van der Waals surface area contributed by atoms with E-state index < -0.39 is 115 Å². The molecule has 2 aromatic carbocycles. The predicted octanol–water partition coefficient (Wildman–Crippen LogP) is 7.89. The molecule has 354 valence electrons. The summed E-state index contributed by atoms with van der Waals surface area (Å²) in [6.45, 7) is 13.4. The first-order valence-corrected chi connectivity index (χ1v) is 25.2. The Kier molecular flexibility index (Phi) is 13.7. The van der Waals surface area contributed by atoms with Gasteiger partial charge in [0.15, 0.2) is 31.6 Å². The van der Waals surface area contributed by atoms with Crippen LogP contribution in [-0.4, -0.2) is 97.4 Å². The fourth-order valence-electron chi connectivity index (χ4n) is 11.0. The van der Waals surface area contributed by atoms with Crippen molar-refractivity contribution in [2.75, 3.05) is 6.61 Å². The van der Waals surface area contributed by atoms with Crippen LogP contribution < -0.4 is 0 Å². The first-order valence-electron chi connectivity index (χ1n) is 22.7. The molecule has 1 aliphatic heterocycles. The first-order chi connectivity index (χ1) is 31.3. The van der Waals surface area contributed by atoms with Gasteiger partial charge in [-0.25, -0.2) is 9.59 Å². The van der Waals surface area contributed by atoms with Crippen LogP contribution in [0.15, 0.2) is 94.6 Å². The molecule has 3 aromatic rings. The number of carbonyl (C=O) groups is 6. The van der Waals surface area contributed by atoms with E-state index in [4.69, 9.17) is 37.3 Å². The number of Topliss-reactive ketones (excluding diaryl/α,β-unsaturated/α-hetero) is 2. The summed E-state index contributed by atoms with van der Waals surface area (Å²) in [7, 11) is -2.66. The van der Waals surface area contributed by atoms with E-state index in [1.165, 1.54) is 25.3 Å². The second-order valence-electron chi connectivity index (χ2n) is 18.7. The van der Waals surface area contributed by atoms with Crippen LogP contribution in [0.2, 0.25) is 18.1 Å². The van der Waals surface area contributed by atoms with Crippen LogP contribution in [0.1, 0.15) is 101 Å². The van der Waals surface area contributed by atoms with Gasteiger partial charge < -0.3 is 42.4 Å². The van der Waals surface area contributed by atoms with Crippen molar-refractivity contribution < 1.29 is 71.1 Å². The molecule has 1 saturated heterocycles. The van der Waals surface area contributed by atoms with Crippen molar-refractivity contribution in [3.05, 3.63) is 107 Å². The van der Waals surface area contributed by atoms with E-state index in [1.54, 1.807) is 82.3 Å². The molecule has 7 rings (SSSR count). The molecule has 1 unspecified atom stereocenters. The summed E-state index contributed by atoms with van der Waals surface area (Å²) in [6, 6.07) is 21.9. The highest BCUT2D eigenvalue weighted by atomic mass is 28.4. The third-order valence-electron chi connectivity index (χ3n) is 15.0. The van der Waals surface area contributed by atoms with Crippen LogP contribution in [0, 0.1) is 16.7 Å². The molecule has 0 spiro atoms. The minimum atomic E-state index is -2.66. The number of hydrogen-bond donors (Lipinski definition) is 1. The molecule has 16 heteroatoms. The Morgan fingerprint density at radius 2 is 1.52 bits per heavy atom. The Bertz CT molecular complexity index is 2330. The van der Waals surface area contributed by atoms with Crippen LogP contribution in [0.25, 0.3) is 0 Å². The van der Waals surface area contributed by atoms with Crippen molar-refractivity contribution in [3.8, 4) is 0 Å². The van der Waals surface area contributed by atoms with E-state index in [1.807, 2.05) is 26.8 Å². The smallest absolute Gasteiger partial charge is 0.461 e. The minimum Gasteiger partial charge on any atom is -0.461 e. The topological polar surface area (TPSA) is 200 Å². The molecule has 1 aromatic heterocycles. The number of hydrogen-bond acceptors (Lipinski definition) is 15. The van der Waals surface area contributed by atoms with Gasteiger partial charge in [-0.05, 0) is 73.0 Å². The highest BCUT2D eigenvalue weighted by Crippen LogP contribution is 2.65. The van der Waals surface area contributed by atoms with E-state index in [2.05, 4.69) is 0 Å². The standard InChI is InChI=1S/C50H60O15Si/c1-9-66(10-2,11-3)65-37-26-38-49(29-60-38,64-31(5)51)42-44(63-45(55)33-21-16-13-17-22-33)50(57)27-36(61-39(53)25-34(52)35-23-18-24-58-35)30(4)40(47(50,6)7)41(43(54)48(37,42)8)62-46(56)59-28-32-19-14-12-15-20-32/h12-24,36-38,41-42,44,57H,9-11,25-29H2,1-8H3/t36-,37-,38+,41+,42?,44-,48+,49-,50+/m0/s1. The van der Waals surface area contributed by atoms with Crippen molar-refractivity contribution in [2.45, 2.75) is 141 Å². The third-order valence-corrected chi connectivity index (χ3v) is 19.6. The van der Waals surface area contributed by atoms with Gasteiger partial charge in [-0.3, -0.25) is 19.2 Å². The monoisotopic (exact) mass is 928 g/mol. The van der Waals surface area contributed by atoms with E-state index in [9.17, 15) is 29.1 Å². The molecule has 9 atom stereocenters. The zero-order valence-electron chi connectivity index (χ0n) is 38.8. The molecule has 2 saturated carbocycles. The lowest BCUT2D eigenvalue weighted by molar-refractivity contribution is -0.344. The number of fused-ring (bicyclic) bond motifs is 5. The van der Waals surface area contributed by atoms with Crippen LogP contribution in [0.3, 0.4) is 0 Å². The fourth-order valence-corrected chi connectivity index (χ4v) is 14.0. The van der Waals surface area contributed by atoms with Gasteiger partial charge >= 0.3 is 24.1 Å². The highest BCUT2D eigenvalue weighted by molar-refractivity contribution is 6.73. The number of benzene rings is 2. The molecule has 15 nitrogen and oxygen atoms in total. The Morgan fingerprint density at radius 3 is 2.09 bits per heavy atom. The van der Waals surface area contributed by atoms with Gasteiger partial charge in [0.2, 0.25) is 5.78 Å². The summed E-state index contributed by atoms with van der Waals surface area (Å²) in [6.07, 6.45) is -7.88. The lowest BCUT2D eigenvalue weighted by Crippen LogP contribution is -2.82. The number of aliphatic hydroxyl groups is 1. The Morgan fingerprint density at radius 1 is 0.864 bits per heavy atom. The predicted molar refractivity (Wildman–Crippen MR) is 238 cm³/mol. The van der Waals surface area contributed by atoms with E-state index in [0.29, 0.717) is 23.7 Å². The molecular weight excluding hydrogens is 869 g/mol. The lowest BCUT2D eigenvalue weighted by atomic mass is 9.44. The molecule has 2 heterocycles. The maximum absolute atomic E-state index is 16.5. The van der Waals surface area contributed by atoms with Crippen LogP contribution in [0.5, 0.6) is 0 Å². The van der Waals surface area contributed by atoms with E-state index >= 15 is 4.79 Å². The van der Waals surface area contributed by atoms with Gasteiger partial charge in [0.25, 0.3) is 0 Å². The quantitative estimate of drug-likeness (QED) is 0.0385. The van der Waals surface area contributed by atoms with Crippen molar-refractivity contribution in [1.82, 2.24) is 0 Å². The first kappa shape index (κ1) is 48.5. The Balaban J connectivity index is 1.47. The van der Waals surface area contributed by atoms with Crippen molar-refractivity contribution in [1.29, 1.82) is 0 Å². The third kappa shape index (κ3) is 8.45. The largest absolute Gasteiger partial charge is 0.509 e. The second kappa shape index (κ2) is 18.7. The molecule has 66 heavy (non-hydrogen) atoms. The summed E-state index contributed by atoms with van der Waals surface area (Å²) in [5.41, 5.74) is -6.47. The van der Waals surface area contributed by atoms with Crippen LogP contribution in [0.4, 0.5) is 4.79 Å². The lowest BCUT2D eigenvalue weighted by Gasteiger charge is -2.68. The average Bonchev–Trinajstić information content (AvgIpc) is 3.84. The van der Waals surface area contributed by atoms with Gasteiger partial charge in [-0.2, -0.15) is 0 Å². The number of carbonyl (C=O) groups excluding carboxylic acids is 6. The number of esters is 3. The normalized spacial score (nSPS) is 30.0. The maximum Gasteiger partial charge on any atom is 0.509 e. The minimum absolute atomic E-state index is 0.0609. The molecule has 2 bridgehead atoms. The van der Waals surface area contributed by atoms with Gasteiger partial charge in [-0.1, -0.05) is 83.1 Å². The van der Waals surface area contributed by atoms with Crippen LogP contribution in [-0.2, 0) is 53.8 Å². The molecule has 1 N–H and O–H groups in total. The van der Waals surface area contributed by atoms with E-state index in [0.717, 1.165) is 0 Å². The summed E-state index contributed by atoms with van der Waals surface area (Å²) in [5, 5.41) is 14.0. The van der Waals surface area contributed by atoms with Gasteiger partial charge in [0.1, 0.15) is 36.9 Å². The maximum atomic E-state index is 16.5. The Labute approximate surface area is 385 Å². The Hall–Kier alpha value is -5.42. The van der Waals surface area contributed by atoms with Crippen LogP contribution >= 0.6 is 0 Å². The molecule has 4 aliphatic rings. The highest BCUT2D eigenvalue weighted by Gasteiger charge is 2.79. The number of rotatable bonds is 15. The zero-order valence-corrected chi connectivity index (χ0v) is 39.8. The molecule has 0 amide bonds. The molecule has 3 aliphatic carbocycles. The summed E-state index contributed by atoms with van der Waals surface area (Å²) < 4.78 is 49.7. The van der Waals surface area contributed by atoms with Crippen molar-refractivity contribution >= 4 is 43.9 Å². The van der Waals surface area contributed by atoms with Gasteiger partial charge in [-0.15, -0.1) is 0 Å². The van der Waals surface area contributed by atoms with Gasteiger partial charge in [0, 0.05) is 25.2 Å². The summed E-state index contributed by atoms with van der Waals surface area (Å²) in [5.74, 6) is -5.44. The number of ether oxygens (including phenoxy) is 6. The molecular formula is C50H60O15Si. The number of ketones is 2. The van der Waals surface area contributed by atoms with Gasteiger partial charge in [0.05, 0.1) is 35.9 Å². The SMILES string of the molecule is CC[Si](CC)(CC)O[C@H]1C[C@H]2OC[C@@]2(OC(C)=O)C2[C@H](OC(=O)c3ccccc3)[C@]3(O)C[C@H](OC(=O)CC(=O)c4ccco4)C(C)=C([C@@H](OC(=O)OCc4ccccc4)C(=O)[C@@]21C)C3(C)C. The zero-order chi connectivity index (χ0) is 47.8. The summed E-state index contributed by atoms with van der Waals surface area (Å²) in [4.78, 5) is 85.4.